The number of aliphatic hydroxyl groups excluding tert-OH is 1. The van der Waals surface area contributed by atoms with Crippen LogP contribution in [0.2, 0.25) is 0 Å². The van der Waals surface area contributed by atoms with E-state index in [0.717, 1.165) is 41.6 Å². The first-order valence-electron chi connectivity index (χ1n) is 5.55. The number of aryl methyl sites for hydroxylation is 1. The molecule has 1 N–H and O–H groups in total. The Bertz CT molecular complexity index is 273. The fourth-order valence-corrected chi connectivity index (χ4v) is 2.60. The number of thiazole rings is 1. The maximum Gasteiger partial charge on any atom is 0.107 e. The Morgan fingerprint density at radius 2 is 1.93 bits per heavy atom. The highest BCUT2D eigenvalue weighted by atomic mass is 32.1. The van der Waals surface area contributed by atoms with Crippen molar-refractivity contribution in [3.05, 3.63) is 15.6 Å². The molecular formula is C11H20N2OS. The molecule has 0 amide bonds. The van der Waals surface area contributed by atoms with Gasteiger partial charge in [0, 0.05) is 0 Å². The summed E-state index contributed by atoms with van der Waals surface area (Å²) in [6.07, 6.45) is 0.907. The standard InChI is InChI=1S/C11H20N2OS/c1-4-9-10(8-14)15-11(12-9)7-13(5-2)6-3/h14H,4-8H2,1-3H3. The van der Waals surface area contributed by atoms with Crippen molar-refractivity contribution < 1.29 is 5.11 Å². The number of aliphatic hydroxyl groups is 1. The first kappa shape index (κ1) is 12.6. The fourth-order valence-electron chi connectivity index (χ4n) is 1.54. The minimum absolute atomic E-state index is 0.124. The van der Waals surface area contributed by atoms with Crippen molar-refractivity contribution in [2.75, 3.05) is 13.1 Å². The van der Waals surface area contributed by atoms with E-state index in [4.69, 9.17) is 5.11 Å². The molecule has 15 heavy (non-hydrogen) atoms. The van der Waals surface area contributed by atoms with Crippen molar-refractivity contribution in [1.82, 2.24) is 9.88 Å². The third-order valence-corrected chi connectivity index (χ3v) is 3.62. The van der Waals surface area contributed by atoms with E-state index in [9.17, 15) is 0 Å². The van der Waals surface area contributed by atoms with Crippen LogP contribution in [0.25, 0.3) is 0 Å². The SMILES string of the molecule is CCc1nc(CN(CC)CC)sc1CO. The van der Waals surface area contributed by atoms with Crippen LogP contribution in [0.3, 0.4) is 0 Å². The molecule has 0 saturated carbocycles. The third kappa shape index (κ3) is 3.26. The molecule has 86 valence electrons. The highest BCUT2D eigenvalue weighted by Crippen LogP contribution is 2.20. The lowest BCUT2D eigenvalue weighted by Crippen LogP contribution is -2.21. The highest BCUT2D eigenvalue weighted by molar-refractivity contribution is 7.11. The Kier molecular flexibility index (Phi) is 5.22. The molecule has 1 heterocycles. The first-order valence-corrected chi connectivity index (χ1v) is 6.37. The molecule has 3 nitrogen and oxygen atoms in total. The Labute approximate surface area is 95.8 Å². The van der Waals surface area contributed by atoms with Crippen LogP contribution in [-0.2, 0) is 19.6 Å². The molecule has 0 atom stereocenters. The first-order chi connectivity index (χ1) is 7.24. The second kappa shape index (κ2) is 6.20. The van der Waals surface area contributed by atoms with Gasteiger partial charge in [-0.3, -0.25) is 4.90 Å². The molecule has 0 radical (unpaired) electrons. The maximum atomic E-state index is 9.17. The molecule has 0 saturated heterocycles. The maximum absolute atomic E-state index is 9.17. The van der Waals surface area contributed by atoms with E-state index in [2.05, 4.69) is 30.7 Å². The van der Waals surface area contributed by atoms with Gasteiger partial charge in [-0.2, -0.15) is 0 Å². The van der Waals surface area contributed by atoms with Crippen molar-refractivity contribution in [3.8, 4) is 0 Å². The van der Waals surface area contributed by atoms with Gasteiger partial charge in [0.2, 0.25) is 0 Å². The van der Waals surface area contributed by atoms with Crippen LogP contribution in [0.15, 0.2) is 0 Å². The van der Waals surface area contributed by atoms with Gasteiger partial charge in [0.1, 0.15) is 5.01 Å². The predicted molar refractivity (Wildman–Crippen MR) is 64.0 cm³/mol. The van der Waals surface area contributed by atoms with Crippen LogP contribution in [0.5, 0.6) is 0 Å². The van der Waals surface area contributed by atoms with Gasteiger partial charge < -0.3 is 5.11 Å². The zero-order chi connectivity index (χ0) is 11.3. The van der Waals surface area contributed by atoms with Gasteiger partial charge in [-0.25, -0.2) is 4.98 Å². The van der Waals surface area contributed by atoms with Crippen LogP contribution in [0.4, 0.5) is 0 Å². The highest BCUT2D eigenvalue weighted by Gasteiger charge is 2.10. The Morgan fingerprint density at radius 3 is 2.33 bits per heavy atom. The molecule has 1 aromatic heterocycles. The summed E-state index contributed by atoms with van der Waals surface area (Å²) in [5, 5.41) is 10.3. The van der Waals surface area contributed by atoms with E-state index in [-0.39, 0.29) is 6.61 Å². The molecule has 4 heteroatoms. The van der Waals surface area contributed by atoms with Crippen molar-refractivity contribution in [2.24, 2.45) is 0 Å². The van der Waals surface area contributed by atoms with Gasteiger partial charge in [-0.05, 0) is 19.5 Å². The second-order valence-electron chi connectivity index (χ2n) is 3.45. The van der Waals surface area contributed by atoms with E-state index in [1.54, 1.807) is 11.3 Å². The van der Waals surface area contributed by atoms with Crippen LogP contribution in [-0.4, -0.2) is 28.1 Å². The number of aromatic nitrogens is 1. The van der Waals surface area contributed by atoms with Crippen LogP contribution in [0.1, 0.15) is 36.3 Å². The number of hydrogen-bond acceptors (Lipinski definition) is 4. The predicted octanol–water partition coefficient (Wildman–Crippen LogP) is 2.04. The number of rotatable bonds is 6. The van der Waals surface area contributed by atoms with Gasteiger partial charge >= 0.3 is 0 Å². The molecule has 1 aromatic rings. The monoisotopic (exact) mass is 228 g/mol. The van der Waals surface area contributed by atoms with E-state index < -0.39 is 0 Å². The molecule has 0 bridgehead atoms. The minimum atomic E-state index is 0.124. The van der Waals surface area contributed by atoms with Gasteiger partial charge in [0.05, 0.1) is 23.7 Å². The molecule has 0 spiro atoms. The zero-order valence-electron chi connectivity index (χ0n) is 9.79. The summed E-state index contributed by atoms with van der Waals surface area (Å²) in [5.41, 5.74) is 1.06. The van der Waals surface area contributed by atoms with Crippen LogP contribution >= 0.6 is 11.3 Å². The second-order valence-corrected chi connectivity index (χ2v) is 4.62. The summed E-state index contributed by atoms with van der Waals surface area (Å²) in [5.74, 6) is 0. The Balaban J connectivity index is 2.73. The summed E-state index contributed by atoms with van der Waals surface area (Å²) in [6.45, 7) is 9.52. The summed E-state index contributed by atoms with van der Waals surface area (Å²) in [7, 11) is 0. The molecule has 0 unspecified atom stereocenters. The lowest BCUT2D eigenvalue weighted by atomic mass is 10.3. The van der Waals surface area contributed by atoms with Crippen LogP contribution < -0.4 is 0 Å². The number of nitrogens with zero attached hydrogens (tertiary/aromatic N) is 2. The molecule has 0 aliphatic rings. The average molecular weight is 228 g/mol. The summed E-state index contributed by atoms with van der Waals surface area (Å²) >= 11 is 1.64. The number of hydrogen-bond donors (Lipinski definition) is 1. The van der Waals surface area contributed by atoms with Crippen molar-refractivity contribution >= 4 is 11.3 Å². The zero-order valence-corrected chi connectivity index (χ0v) is 10.6. The van der Waals surface area contributed by atoms with E-state index in [1.807, 2.05) is 0 Å². The summed E-state index contributed by atoms with van der Waals surface area (Å²) < 4.78 is 0. The molecule has 1 rings (SSSR count). The van der Waals surface area contributed by atoms with Crippen molar-refractivity contribution in [3.63, 3.8) is 0 Å². The van der Waals surface area contributed by atoms with Gasteiger partial charge in [0.25, 0.3) is 0 Å². The quantitative estimate of drug-likeness (QED) is 0.809. The smallest absolute Gasteiger partial charge is 0.107 e. The molecule has 0 fully saturated rings. The minimum Gasteiger partial charge on any atom is -0.391 e. The Morgan fingerprint density at radius 1 is 1.27 bits per heavy atom. The van der Waals surface area contributed by atoms with E-state index in [1.165, 1.54) is 0 Å². The van der Waals surface area contributed by atoms with E-state index >= 15 is 0 Å². The molecule has 0 aromatic carbocycles. The fraction of sp³-hybridized carbons (Fsp3) is 0.727. The van der Waals surface area contributed by atoms with E-state index in [0.29, 0.717) is 0 Å². The lowest BCUT2D eigenvalue weighted by Gasteiger charge is -2.15. The van der Waals surface area contributed by atoms with Gasteiger partial charge in [-0.15, -0.1) is 11.3 Å². The lowest BCUT2D eigenvalue weighted by molar-refractivity contribution is 0.284. The van der Waals surface area contributed by atoms with Crippen molar-refractivity contribution in [1.29, 1.82) is 0 Å². The van der Waals surface area contributed by atoms with Crippen LogP contribution in [0, 0.1) is 0 Å². The molecule has 0 aliphatic heterocycles. The molecular weight excluding hydrogens is 208 g/mol. The summed E-state index contributed by atoms with van der Waals surface area (Å²) in [6, 6.07) is 0. The van der Waals surface area contributed by atoms with Gasteiger partial charge in [-0.1, -0.05) is 20.8 Å². The molecule has 0 aliphatic carbocycles. The summed E-state index contributed by atoms with van der Waals surface area (Å²) in [4.78, 5) is 7.91. The normalized spacial score (nSPS) is 11.3. The largest absolute Gasteiger partial charge is 0.391 e. The average Bonchev–Trinajstić information content (AvgIpc) is 2.68. The van der Waals surface area contributed by atoms with Gasteiger partial charge in [0.15, 0.2) is 0 Å². The third-order valence-electron chi connectivity index (χ3n) is 2.55. The topological polar surface area (TPSA) is 36.4 Å². The Hall–Kier alpha value is -0.450. The van der Waals surface area contributed by atoms with Crippen molar-refractivity contribution in [2.45, 2.75) is 40.3 Å².